The number of esters is 4. The third kappa shape index (κ3) is 20.9. The second-order valence-electron chi connectivity index (χ2n) is 35.5. The number of hydrogen-bond acceptors (Lipinski definition) is 11. The number of aliphatic hydroxyl groups excluding tert-OH is 2. The van der Waals surface area contributed by atoms with E-state index in [1.807, 2.05) is 0 Å². The van der Waals surface area contributed by atoms with Gasteiger partial charge in [0.1, 0.15) is 22.4 Å². The molecule has 3 N–H and O–H groups in total. The molecule has 0 aromatic heterocycles. The van der Waals surface area contributed by atoms with Gasteiger partial charge in [-0.05, 0) is 319 Å². The van der Waals surface area contributed by atoms with Crippen molar-refractivity contribution in [1.29, 1.82) is 0 Å². The van der Waals surface area contributed by atoms with E-state index >= 15 is 0 Å². The zero-order chi connectivity index (χ0) is 67.5. The molecule has 23 unspecified atom stereocenters. The Balaban J connectivity index is 0.000000166. The first-order valence-corrected chi connectivity index (χ1v) is 40.1. The predicted molar refractivity (Wildman–Crippen MR) is 376 cm³/mol. The molecule has 0 aromatic carbocycles. The minimum Gasteiger partial charge on any atom is -0.459 e. The third-order valence-corrected chi connectivity index (χ3v) is 29.2. The van der Waals surface area contributed by atoms with Gasteiger partial charge in [-0.1, -0.05) is 109 Å². The van der Waals surface area contributed by atoms with Crippen molar-refractivity contribution in [2.24, 2.45) is 118 Å². The zero-order valence-corrected chi connectivity index (χ0v) is 76.9. The van der Waals surface area contributed by atoms with E-state index in [-0.39, 0.29) is 198 Å². The van der Waals surface area contributed by atoms with Crippen molar-refractivity contribution in [2.45, 2.75) is 334 Å². The van der Waals surface area contributed by atoms with Gasteiger partial charge in [-0.2, -0.15) is 0 Å². The van der Waals surface area contributed by atoms with Crippen molar-refractivity contribution in [3.8, 4) is 0 Å². The first-order chi connectivity index (χ1) is 45.4. The molecular weight excluding hydrogens is 1870 g/mol. The molecular formula is C84H132Ac3O11. The Morgan fingerprint density at radius 3 is 1.54 bits per heavy atom. The normalized spacial score (nSPS) is 36.3. The number of hydrogen-bond donors (Lipinski definition) is 3. The second kappa shape index (κ2) is 37.4. The molecule has 543 valence electrons. The summed E-state index contributed by atoms with van der Waals surface area (Å²) < 4.78 is 23.4. The Morgan fingerprint density at radius 2 is 1.05 bits per heavy atom. The van der Waals surface area contributed by atoms with E-state index in [4.69, 9.17) is 18.9 Å². The summed E-state index contributed by atoms with van der Waals surface area (Å²) >= 11 is 0. The summed E-state index contributed by atoms with van der Waals surface area (Å²) in [5.74, 6) is 14.0. The smallest absolute Gasteiger partial charge is 0.309 e. The monoisotopic (exact) mass is 2000 g/mol. The van der Waals surface area contributed by atoms with E-state index in [1.54, 1.807) is 6.92 Å². The summed E-state index contributed by atoms with van der Waals surface area (Å²) in [6, 6.07) is 0. The predicted octanol–water partition coefficient (Wildman–Crippen LogP) is 18.5. The van der Waals surface area contributed by atoms with Crippen LogP contribution in [0, 0.1) is 251 Å². The average molecular weight is 2000 g/mol. The summed E-state index contributed by atoms with van der Waals surface area (Å²) in [5.41, 5.74) is -2.04. The molecule has 3 radical (unpaired) electrons. The third-order valence-electron chi connectivity index (χ3n) is 29.2. The Labute approximate surface area is 701 Å². The van der Waals surface area contributed by atoms with E-state index < -0.39 is 17.8 Å². The largest absolute Gasteiger partial charge is 0.459 e. The van der Waals surface area contributed by atoms with E-state index in [0.29, 0.717) is 42.4 Å². The molecule has 0 spiro atoms. The SMILES string of the molecule is CC(C)(OC(=O)CC(O)CCCC1CC2C=CC1C2)C1CC2CCC1C2.CCC(CC)(CC)OC(=O)CC(C)(O)CCCC1CC2C=CC1C2.CCC1(OC(=O)CC(C)C2CC3C=CC2C3)CCCC1.CCC1(OC(=O)CC(O)C2CC3CC2C2C4C=CC(C4)C32)CCCC1.[Ac].[Ac].[Ac]. The van der Waals surface area contributed by atoms with Crippen LogP contribution in [0.3, 0.4) is 0 Å². The van der Waals surface area contributed by atoms with Gasteiger partial charge in [0, 0.05) is 145 Å². The van der Waals surface area contributed by atoms with Crippen molar-refractivity contribution in [3.63, 3.8) is 0 Å². The van der Waals surface area contributed by atoms with Crippen LogP contribution in [0.25, 0.3) is 0 Å². The van der Waals surface area contributed by atoms with Crippen LogP contribution in [0.4, 0.5) is 0 Å². The molecule has 14 heteroatoms. The molecule has 12 bridgehead atoms. The van der Waals surface area contributed by atoms with Gasteiger partial charge in [0.2, 0.25) is 0 Å². The standard InChI is InChI=1S/C23H36O3.C22H32O3.C21H36O3.C18H28O2.3Ac/c1-23(2,21-13-16-7-9-19(21)12-16)26-22(25)14-20(24)5-3-4-17-10-15-6-8-18(17)11-15;1-2-22(7-3-4-8-22)25-19(24)12-18(23)16-10-15-11-17(16)21-14-6-5-13(9-14)20(15)21;1-5-21(6-2,7-3)24-19(22)15-20(4,23)12-8-9-17-13-16-10-11-18(17)14-16;1-3-18(8-4-5-9-18)20-17(19)10-13(2)16-12-14-6-7-15(16)11-14;;;/h6,8,15-21,24H,3-5,7,9-14H2,1-2H3;5-6,13-18,20-21,23H,2-4,7-12H2,1H3;10-11,16-18,23H,5-9,12-15H2,1-4H3;6-7,13-16H,3-5,8-12H2,1-2H3;;;. The van der Waals surface area contributed by atoms with Gasteiger partial charge in [-0.15, -0.1) is 0 Å². The van der Waals surface area contributed by atoms with Gasteiger partial charge in [0.15, 0.2) is 0 Å². The number of allylic oxidation sites excluding steroid dienone is 8. The Hall–Kier alpha value is 1.04. The summed E-state index contributed by atoms with van der Waals surface area (Å²) in [5, 5.41) is 31.7. The number of aliphatic hydroxyl groups is 3. The van der Waals surface area contributed by atoms with Crippen LogP contribution >= 0.6 is 0 Å². The van der Waals surface area contributed by atoms with E-state index in [0.717, 1.165) is 185 Å². The molecule has 0 aromatic rings. The van der Waals surface area contributed by atoms with Crippen molar-refractivity contribution in [2.75, 3.05) is 0 Å². The van der Waals surface area contributed by atoms with Crippen molar-refractivity contribution in [3.05, 3.63) is 48.6 Å². The molecule has 0 aliphatic heterocycles. The molecule has 10 fully saturated rings. The van der Waals surface area contributed by atoms with Crippen LogP contribution in [0.1, 0.15) is 293 Å². The molecule has 98 heavy (non-hydrogen) atoms. The van der Waals surface area contributed by atoms with Crippen LogP contribution in [-0.4, -0.2) is 79.4 Å². The molecule has 14 aliphatic carbocycles. The summed E-state index contributed by atoms with van der Waals surface area (Å²) in [6.45, 7) is 18.6. The molecule has 14 aliphatic rings. The molecule has 0 amide bonds. The quantitative estimate of drug-likeness (QED) is 0.0295. The first-order valence-electron chi connectivity index (χ1n) is 40.1. The fourth-order valence-electron chi connectivity index (χ4n) is 23.6. The van der Waals surface area contributed by atoms with Crippen LogP contribution < -0.4 is 0 Å². The fraction of sp³-hybridized carbons (Fsp3) is 0.857. The molecule has 23 atom stereocenters. The van der Waals surface area contributed by atoms with Crippen LogP contribution in [0.5, 0.6) is 0 Å². The first kappa shape index (κ1) is 84.7. The molecule has 0 heterocycles. The number of ether oxygens (including phenoxy) is 4. The van der Waals surface area contributed by atoms with Crippen molar-refractivity contribution < 1.29 is 186 Å². The Bertz CT molecular complexity index is 2700. The molecule has 11 nitrogen and oxygen atoms in total. The maximum Gasteiger partial charge on any atom is 0.309 e. The van der Waals surface area contributed by atoms with E-state index in [1.165, 1.54) is 103 Å². The van der Waals surface area contributed by atoms with Crippen molar-refractivity contribution in [1.82, 2.24) is 0 Å². The summed E-state index contributed by atoms with van der Waals surface area (Å²) in [6.07, 6.45) is 55.1. The number of carbonyl (C=O) groups excluding carboxylic acids is 4. The van der Waals surface area contributed by atoms with Crippen molar-refractivity contribution >= 4 is 23.9 Å². The van der Waals surface area contributed by atoms with Gasteiger partial charge in [0.05, 0.1) is 37.1 Å². The Kier molecular flexibility index (Phi) is 32.3. The van der Waals surface area contributed by atoms with Crippen LogP contribution in [0.15, 0.2) is 48.6 Å². The van der Waals surface area contributed by atoms with Crippen LogP contribution in [0.2, 0.25) is 0 Å². The average Bonchev–Trinajstić information content (AvgIpc) is 1.55. The minimum absolute atomic E-state index is 0. The van der Waals surface area contributed by atoms with Gasteiger partial charge in [-0.25, -0.2) is 0 Å². The Morgan fingerprint density at radius 1 is 0.520 bits per heavy atom. The maximum atomic E-state index is 12.5. The van der Waals surface area contributed by atoms with E-state index in [9.17, 15) is 34.5 Å². The fourth-order valence-corrected chi connectivity index (χ4v) is 23.6. The number of rotatable bonds is 28. The van der Waals surface area contributed by atoms with Gasteiger partial charge >= 0.3 is 23.9 Å². The number of carbonyl (C=O) groups is 4. The van der Waals surface area contributed by atoms with Crippen LogP contribution in [-0.2, 0) is 38.1 Å². The zero-order valence-electron chi connectivity index (χ0n) is 62.6. The minimum atomic E-state index is -0.953. The van der Waals surface area contributed by atoms with Gasteiger partial charge in [0.25, 0.3) is 0 Å². The molecule has 14 rings (SSSR count). The molecule has 10 saturated carbocycles. The van der Waals surface area contributed by atoms with Gasteiger partial charge in [-0.3, -0.25) is 19.2 Å². The van der Waals surface area contributed by atoms with Gasteiger partial charge < -0.3 is 34.3 Å². The molecule has 0 saturated heterocycles. The van der Waals surface area contributed by atoms with E-state index in [2.05, 4.69) is 104 Å². The topological polar surface area (TPSA) is 166 Å². The summed E-state index contributed by atoms with van der Waals surface area (Å²) in [7, 11) is 0. The second-order valence-corrected chi connectivity index (χ2v) is 35.5. The summed E-state index contributed by atoms with van der Waals surface area (Å²) in [4.78, 5) is 49.4. The maximum absolute atomic E-state index is 12.5. The number of fused-ring (bicyclic) bond motifs is 17.